The summed E-state index contributed by atoms with van der Waals surface area (Å²) in [7, 11) is -9.22. The van der Waals surface area contributed by atoms with Gasteiger partial charge in [-0.15, -0.1) is 0 Å². The van der Waals surface area contributed by atoms with Crippen LogP contribution in [0.4, 0.5) is 0 Å². The average Bonchev–Trinajstić information content (AvgIpc) is 2.15. The van der Waals surface area contributed by atoms with E-state index in [-0.39, 0.29) is 16.9 Å². The molecular formula is C11H20O9P2. The maximum Gasteiger partial charge on any atom is 0.524 e. The monoisotopic (exact) mass is 358 g/mol. The maximum absolute atomic E-state index is 10.8. The Morgan fingerprint density at radius 3 is 1.73 bits per heavy atom. The molecule has 0 saturated carbocycles. The molecule has 0 spiro atoms. The normalized spacial score (nSPS) is 12.4. The Labute approximate surface area is 127 Å². The largest absolute Gasteiger partial charge is 0.524 e. The van der Waals surface area contributed by atoms with Crippen molar-refractivity contribution in [3.8, 4) is 11.5 Å². The van der Waals surface area contributed by atoms with Crippen LogP contribution in [0.1, 0.15) is 31.9 Å². The minimum atomic E-state index is -4.64. The third-order valence-corrected chi connectivity index (χ3v) is 2.75. The lowest BCUT2D eigenvalue weighted by atomic mass is 9.85. The van der Waals surface area contributed by atoms with Crippen molar-refractivity contribution in [2.24, 2.45) is 0 Å². The van der Waals surface area contributed by atoms with E-state index in [9.17, 15) is 9.67 Å². The van der Waals surface area contributed by atoms with Crippen molar-refractivity contribution >= 4 is 15.6 Å². The van der Waals surface area contributed by atoms with E-state index in [4.69, 9.17) is 29.0 Å². The van der Waals surface area contributed by atoms with Crippen molar-refractivity contribution in [1.29, 1.82) is 0 Å². The van der Waals surface area contributed by atoms with E-state index in [1.807, 2.05) is 20.8 Å². The predicted octanol–water partition coefficient (Wildman–Crippen LogP) is 1.54. The lowest BCUT2D eigenvalue weighted by molar-refractivity contribution is 0.274. The first-order valence-corrected chi connectivity index (χ1v) is 8.98. The van der Waals surface area contributed by atoms with E-state index in [0.717, 1.165) is 0 Å². The highest BCUT2D eigenvalue weighted by molar-refractivity contribution is 7.46. The van der Waals surface area contributed by atoms with Gasteiger partial charge in [-0.25, -0.2) is 9.13 Å². The molecular weight excluding hydrogens is 338 g/mol. The summed E-state index contributed by atoms with van der Waals surface area (Å²) in [6, 6.07) is 2.90. The standard InChI is InChI=1S/C11H17O5P.H3O4P/c1-7-5-9(12)8(11(2,3)4)6-10(7)16-17(13,14)15;1-5(2,3)4/h5-6,12H,1-4H3,(H2,13,14,15);(H3,1,2,3,4). The fourth-order valence-electron chi connectivity index (χ4n) is 1.50. The zero-order valence-corrected chi connectivity index (χ0v) is 14.2. The molecule has 0 radical (unpaired) electrons. The highest BCUT2D eigenvalue weighted by Gasteiger charge is 2.23. The molecule has 0 saturated heterocycles. The smallest absolute Gasteiger partial charge is 0.508 e. The molecule has 128 valence electrons. The summed E-state index contributed by atoms with van der Waals surface area (Å²) in [5.41, 5.74) is 0.704. The van der Waals surface area contributed by atoms with Crippen LogP contribution in [0.25, 0.3) is 0 Å². The molecule has 0 heterocycles. The summed E-state index contributed by atoms with van der Waals surface area (Å²) in [6.07, 6.45) is 0. The molecule has 22 heavy (non-hydrogen) atoms. The summed E-state index contributed by atoms with van der Waals surface area (Å²) in [4.78, 5) is 39.1. The molecule has 0 aliphatic heterocycles. The second kappa shape index (κ2) is 7.10. The van der Waals surface area contributed by atoms with E-state index in [2.05, 4.69) is 4.52 Å². The molecule has 0 atom stereocenters. The molecule has 0 aliphatic rings. The summed E-state index contributed by atoms with van der Waals surface area (Å²) >= 11 is 0. The highest BCUT2D eigenvalue weighted by Crippen LogP contribution is 2.42. The molecule has 0 fully saturated rings. The van der Waals surface area contributed by atoms with Crippen LogP contribution in [0.5, 0.6) is 11.5 Å². The van der Waals surface area contributed by atoms with Crippen LogP contribution >= 0.6 is 15.6 Å². The summed E-state index contributed by atoms with van der Waals surface area (Å²) < 4.78 is 24.3. The molecule has 11 heteroatoms. The van der Waals surface area contributed by atoms with Gasteiger partial charge in [-0.05, 0) is 30.0 Å². The van der Waals surface area contributed by atoms with Crippen molar-refractivity contribution in [1.82, 2.24) is 0 Å². The van der Waals surface area contributed by atoms with E-state index in [1.54, 1.807) is 6.92 Å². The Morgan fingerprint density at radius 1 is 1.00 bits per heavy atom. The molecule has 1 rings (SSSR count). The Hall–Kier alpha value is -0.920. The van der Waals surface area contributed by atoms with Gasteiger partial charge in [-0.1, -0.05) is 20.8 Å². The molecule has 1 aromatic carbocycles. The zero-order valence-electron chi connectivity index (χ0n) is 12.5. The number of hydrogen-bond acceptors (Lipinski definition) is 4. The van der Waals surface area contributed by atoms with E-state index in [1.165, 1.54) is 12.1 Å². The van der Waals surface area contributed by atoms with Crippen molar-refractivity contribution in [2.75, 3.05) is 0 Å². The Bertz CT molecular complexity index is 600. The summed E-state index contributed by atoms with van der Waals surface area (Å²) in [6.45, 7) is 7.27. The van der Waals surface area contributed by atoms with Crippen LogP contribution in [0.15, 0.2) is 12.1 Å². The summed E-state index contributed by atoms with van der Waals surface area (Å²) in [5, 5.41) is 9.80. The molecule has 9 nitrogen and oxygen atoms in total. The molecule has 0 amide bonds. The van der Waals surface area contributed by atoms with Crippen LogP contribution < -0.4 is 4.52 Å². The first-order chi connectivity index (χ1) is 9.50. The van der Waals surface area contributed by atoms with Crippen LogP contribution in [0, 0.1) is 6.92 Å². The third-order valence-electron chi connectivity index (χ3n) is 2.32. The van der Waals surface area contributed by atoms with Crippen LogP contribution in [0.3, 0.4) is 0 Å². The van der Waals surface area contributed by atoms with Gasteiger partial charge < -0.3 is 24.3 Å². The minimum absolute atomic E-state index is 0.0843. The first kappa shape index (κ1) is 21.1. The van der Waals surface area contributed by atoms with Crippen LogP contribution in [0.2, 0.25) is 0 Å². The van der Waals surface area contributed by atoms with Gasteiger partial charge in [0.2, 0.25) is 0 Å². The van der Waals surface area contributed by atoms with E-state index < -0.39 is 15.6 Å². The van der Waals surface area contributed by atoms with Crippen molar-refractivity contribution in [3.05, 3.63) is 23.3 Å². The topological polar surface area (TPSA) is 165 Å². The molecule has 0 aromatic heterocycles. The molecule has 0 unspecified atom stereocenters. The second-order valence-electron chi connectivity index (χ2n) is 5.48. The summed E-state index contributed by atoms with van der Waals surface area (Å²) in [5.74, 6) is 0.175. The Kier molecular flexibility index (Phi) is 6.81. The highest BCUT2D eigenvalue weighted by atomic mass is 31.2. The third kappa shape index (κ3) is 9.17. The number of phenolic OH excluding ortho intramolecular Hbond substituents is 1. The molecule has 0 bridgehead atoms. The number of phosphoric ester groups is 1. The number of hydrogen-bond donors (Lipinski definition) is 6. The Balaban J connectivity index is 0.000000763. The second-order valence-corrected chi connectivity index (χ2v) is 7.67. The van der Waals surface area contributed by atoms with Gasteiger partial charge in [0.1, 0.15) is 11.5 Å². The van der Waals surface area contributed by atoms with Gasteiger partial charge in [-0.3, -0.25) is 9.79 Å². The number of aryl methyl sites for hydroxylation is 1. The fourth-order valence-corrected chi connectivity index (χ4v) is 1.95. The minimum Gasteiger partial charge on any atom is -0.508 e. The van der Waals surface area contributed by atoms with Crippen molar-refractivity contribution < 1.29 is 43.2 Å². The number of phenols is 1. The number of aromatic hydroxyl groups is 1. The molecule has 0 aliphatic carbocycles. The van der Waals surface area contributed by atoms with Crippen molar-refractivity contribution in [3.63, 3.8) is 0 Å². The van der Waals surface area contributed by atoms with Gasteiger partial charge in [0.15, 0.2) is 0 Å². The van der Waals surface area contributed by atoms with E-state index in [0.29, 0.717) is 11.1 Å². The first-order valence-electron chi connectivity index (χ1n) is 5.88. The fraction of sp³-hybridized carbons (Fsp3) is 0.455. The van der Waals surface area contributed by atoms with Crippen molar-refractivity contribution in [2.45, 2.75) is 33.1 Å². The number of benzene rings is 1. The number of phosphoric acid groups is 2. The van der Waals surface area contributed by atoms with Gasteiger partial charge in [0.05, 0.1) is 0 Å². The Morgan fingerprint density at radius 2 is 1.41 bits per heavy atom. The lowest BCUT2D eigenvalue weighted by Gasteiger charge is -2.22. The average molecular weight is 358 g/mol. The quantitative estimate of drug-likeness (QED) is 0.430. The van der Waals surface area contributed by atoms with Gasteiger partial charge in [0.25, 0.3) is 0 Å². The molecule has 1 aromatic rings. The van der Waals surface area contributed by atoms with Gasteiger partial charge in [-0.2, -0.15) is 0 Å². The predicted molar refractivity (Wildman–Crippen MR) is 78.5 cm³/mol. The van der Waals surface area contributed by atoms with E-state index >= 15 is 0 Å². The molecule has 6 N–H and O–H groups in total. The van der Waals surface area contributed by atoms with Gasteiger partial charge in [0, 0.05) is 5.56 Å². The van der Waals surface area contributed by atoms with Crippen LogP contribution in [-0.4, -0.2) is 29.6 Å². The number of rotatable bonds is 2. The SMILES string of the molecule is Cc1cc(O)c(C(C)(C)C)cc1OP(=O)(O)O.O=P(O)(O)O. The lowest BCUT2D eigenvalue weighted by Crippen LogP contribution is -2.11. The van der Waals surface area contributed by atoms with Crippen LogP contribution in [-0.2, 0) is 14.5 Å². The maximum atomic E-state index is 10.8. The zero-order chi connectivity index (χ0) is 17.9. The van der Waals surface area contributed by atoms with Gasteiger partial charge >= 0.3 is 15.6 Å².